The zero-order chi connectivity index (χ0) is 35.5. The lowest BCUT2D eigenvalue weighted by Crippen LogP contribution is -2.52. The van der Waals surface area contributed by atoms with Gasteiger partial charge in [0.2, 0.25) is 0 Å². The number of aryl methyl sites for hydroxylation is 1. The SMILES string of the molecule is N#CSc1ccc(CCCCC(CN2CCN(CC(=O)O)CCN(CC(=O)O)CCN(CC(=O)O)CC2)N(CC(=O)O)CC(=O)O)cc1. The molecule has 1 fully saturated rings. The molecule has 17 heteroatoms. The summed E-state index contributed by atoms with van der Waals surface area (Å²) in [6.45, 7) is 0.763. The largest absolute Gasteiger partial charge is 0.480 e. The number of thiocyanates is 1. The van der Waals surface area contributed by atoms with Gasteiger partial charge < -0.3 is 25.5 Å². The number of carboxylic acids is 5. The average molecular weight is 695 g/mol. The van der Waals surface area contributed by atoms with E-state index in [9.17, 15) is 49.5 Å². The maximum atomic E-state index is 11.8. The van der Waals surface area contributed by atoms with Gasteiger partial charge in [-0.25, -0.2) is 0 Å². The monoisotopic (exact) mass is 694 g/mol. The van der Waals surface area contributed by atoms with E-state index in [4.69, 9.17) is 5.26 Å². The van der Waals surface area contributed by atoms with Crippen LogP contribution in [0.5, 0.6) is 0 Å². The Morgan fingerprint density at radius 3 is 1.46 bits per heavy atom. The molecule has 1 saturated heterocycles. The fraction of sp³-hybridized carbons (Fsp3) is 0.613. The Labute approximate surface area is 284 Å². The van der Waals surface area contributed by atoms with Crippen molar-refractivity contribution in [3.63, 3.8) is 0 Å². The molecule has 16 nitrogen and oxygen atoms in total. The van der Waals surface area contributed by atoms with Crippen LogP contribution in [0.3, 0.4) is 0 Å². The van der Waals surface area contributed by atoms with Crippen molar-refractivity contribution in [1.29, 1.82) is 5.26 Å². The molecule has 48 heavy (non-hydrogen) atoms. The summed E-state index contributed by atoms with van der Waals surface area (Å²) < 4.78 is 0. The van der Waals surface area contributed by atoms with Gasteiger partial charge in [0.25, 0.3) is 0 Å². The van der Waals surface area contributed by atoms with Gasteiger partial charge in [-0.05, 0) is 48.7 Å². The average Bonchev–Trinajstić information content (AvgIpc) is 2.99. The molecule has 1 heterocycles. The quantitative estimate of drug-likeness (QED) is 0.0745. The van der Waals surface area contributed by atoms with Crippen molar-refractivity contribution in [3.8, 4) is 5.40 Å². The van der Waals surface area contributed by atoms with Crippen LogP contribution < -0.4 is 0 Å². The predicted octanol–water partition coefficient (Wildman–Crippen LogP) is 0.288. The van der Waals surface area contributed by atoms with Gasteiger partial charge in [-0.1, -0.05) is 18.6 Å². The lowest BCUT2D eigenvalue weighted by atomic mass is 10.0. The van der Waals surface area contributed by atoms with E-state index in [1.54, 1.807) is 14.7 Å². The first-order valence-electron chi connectivity index (χ1n) is 15.7. The molecule has 5 N–H and O–H groups in total. The molecule has 0 saturated carbocycles. The lowest BCUT2D eigenvalue weighted by Gasteiger charge is -2.37. The first-order chi connectivity index (χ1) is 22.8. The van der Waals surface area contributed by atoms with Gasteiger partial charge >= 0.3 is 29.8 Å². The topological polar surface area (TPSA) is 226 Å². The number of rotatable bonds is 19. The van der Waals surface area contributed by atoms with E-state index in [1.807, 2.05) is 34.6 Å². The molecule has 2 rings (SSSR count). The molecule has 266 valence electrons. The highest BCUT2D eigenvalue weighted by Crippen LogP contribution is 2.19. The summed E-state index contributed by atoms with van der Waals surface area (Å²) in [4.78, 5) is 67.6. The van der Waals surface area contributed by atoms with Gasteiger partial charge in [0.15, 0.2) is 0 Å². The van der Waals surface area contributed by atoms with Gasteiger partial charge in [-0.15, -0.1) is 0 Å². The number of hydrogen-bond acceptors (Lipinski definition) is 12. The summed E-state index contributed by atoms with van der Waals surface area (Å²) in [6.07, 6.45) is 2.64. The highest BCUT2D eigenvalue weighted by Gasteiger charge is 2.27. The molecule has 0 spiro atoms. The van der Waals surface area contributed by atoms with Crippen LogP contribution in [0.2, 0.25) is 0 Å². The van der Waals surface area contributed by atoms with E-state index in [1.165, 1.54) is 4.90 Å². The van der Waals surface area contributed by atoms with Crippen LogP contribution in [0.1, 0.15) is 24.8 Å². The second-order valence-corrected chi connectivity index (χ2v) is 12.6. The molecule has 0 radical (unpaired) electrons. The normalized spacial score (nSPS) is 16.8. The fourth-order valence-electron chi connectivity index (χ4n) is 5.64. The summed E-state index contributed by atoms with van der Waals surface area (Å²) in [7, 11) is 0. The summed E-state index contributed by atoms with van der Waals surface area (Å²) >= 11 is 1.07. The molecule has 1 aromatic carbocycles. The number of hydrogen-bond donors (Lipinski definition) is 5. The second kappa shape index (κ2) is 22.0. The Hall–Kier alpha value is -3.79. The number of thioether (sulfide) groups is 1. The Kier molecular flexibility index (Phi) is 18.5. The number of benzene rings is 1. The predicted molar refractivity (Wildman–Crippen MR) is 175 cm³/mol. The molecule has 0 bridgehead atoms. The molecular weight excluding hydrogens is 648 g/mol. The van der Waals surface area contributed by atoms with Crippen molar-refractivity contribution in [2.45, 2.75) is 36.6 Å². The molecular formula is C31H46N6O10S. The number of aliphatic carboxylic acids is 5. The molecule has 1 aliphatic heterocycles. The minimum Gasteiger partial charge on any atom is -0.480 e. The zero-order valence-electron chi connectivity index (χ0n) is 27.0. The number of carboxylic acid groups (broad SMARTS) is 5. The number of nitriles is 1. The minimum atomic E-state index is -1.17. The van der Waals surface area contributed by atoms with Crippen LogP contribution in [-0.4, -0.2) is 178 Å². The molecule has 0 aliphatic carbocycles. The summed E-state index contributed by atoms with van der Waals surface area (Å²) in [6, 6.07) is 7.15. The molecule has 1 unspecified atom stereocenters. The first kappa shape index (κ1) is 40.4. The Bertz CT molecular complexity index is 1200. The van der Waals surface area contributed by atoms with E-state index in [0.29, 0.717) is 25.9 Å². The van der Waals surface area contributed by atoms with Gasteiger partial charge in [0.1, 0.15) is 5.40 Å². The van der Waals surface area contributed by atoms with Crippen LogP contribution in [-0.2, 0) is 30.4 Å². The lowest BCUT2D eigenvalue weighted by molar-refractivity contribution is -0.143. The molecule has 0 amide bonds. The Morgan fingerprint density at radius 2 is 1.08 bits per heavy atom. The van der Waals surface area contributed by atoms with Gasteiger partial charge in [-0.3, -0.25) is 48.5 Å². The van der Waals surface area contributed by atoms with Crippen LogP contribution in [0.4, 0.5) is 0 Å². The van der Waals surface area contributed by atoms with Crippen molar-refractivity contribution in [2.75, 3.05) is 91.6 Å². The van der Waals surface area contributed by atoms with Gasteiger partial charge in [0, 0.05) is 69.8 Å². The Balaban J connectivity index is 2.27. The van der Waals surface area contributed by atoms with Crippen LogP contribution in [0.25, 0.3) is 0 Å². The second-order valence-electron chi connectivity index (χ2n) is 11.7. The smallest absolute Gasteiger partial charge is 0.317 e. The summed E-state index contributed by atoms with van der Waals surface area (Å²) in [5, 5.41) is 58.5. The third kappa shape index (κ3) is 17.4. The van der Waals surface area contributed by atoms with Crippen LogP contribution in [0, 0.1) is 10.7 Å². The van der Waals surface area contributed by atoms with Crippen molar-refractivity contribution in [3.05, 3.63) is 29.8 Å². The van der Waals surface area contributed by atoms with E-state index in [-0.39, 0.29) is 65.4 Å². The number of nitrogens with zero attached hydrogens (tertiary/aromatic N) is 6. The van der Waals surface area contributed by atoms with E-state index >= 15 is 0 Å². The van der Waals surface area contributed by atoms with E-state index in [0.717, 1.165) is 35.1 Å². The van der Waals surface area contributed by atoms with Gasteiger partial charge in [-0.2, -0.15) is 5.26 Å². The van der Waals surface area contributed by atoms with Crippen LogP contribution in [0.15, 0.2) is 29.2 Å². The van der Waals surface area contributed by atoms with E-state index in [2.05, 4.69) is 0 Å². The molecule has 1 aliphatic rings. The van der Waals surface area contributed by atoms with Gasteiger partial charge in [0.05, 0.1) is 32.7 Å². The Morgan fingerprint density at radius 1 is 0.667 bits per heavy atom. The van der Waals surface area contributed by atoms with Crippen LogP contribution >= 0.6 is 11.8 Å². The van der Waals surface area contributed by atoms with Crippen molar-refractivity contribution in [1.82, 2.24) is 24.5 Å². The summed E-state index contributed by atoms with van der Waals surface area (Å²) in [5.74, 6) is -5.48. The van der Waals surface area contributed by atoms with Crippen molar-refractivity contribution >= 4 is 41.6 Å². The third-order valence-electron chi connectivity index (χ3n) is 8.01. The fourth-order valence-corrected chi connectivity index (χ4v) is 6.02. The highest BCUT2D eigenvalue weighted by atomic mass is 32.2. The highest BCUT2D eigenvalue weighted by molar-refractivity contribution is 8.03. The molecule has 1 atom stereocenters. The molecule has 1 aromatic rings. The summed E-state index contributed by atoms with van der Waals surface area (Å²) in [5.41, 5.74) is 1.07. The maximum Gasteiger partial charge on any atom is 0.317 e. The zero-order valence-corrected chi connectivity index (χ0v) is 27.8. The minimum absolute atomic E-state index is 0.258. The standard InChI is InChI=1S/C31H46N6O10S/c32-23-48-26-7-5-24(6-8-26)3-1-2-4-25(37(21-30(44)45)22-31(46)47)17-33-9-11-34(18-27(38)39)13-15-36(20-29(42)43)16-14-35(12-10-33)19-28(40)41/h5-8,25H,1-4,9-22H2,(H,38,39)(H,40,41)(H,42,43)(H,44,45)(H,46,47). The van der Waals surface area contributed by atoms with E-state index < -0.39 is 49.0 Å². The number of carbonyl (C=O) groups is 5. The number of unbranched alkanes of at least 4 members (excludes halogenated alkanes) is 1. The van der Waals surface area contributed by atoms with Crippen molar-refractivity contribution in [2.24, 2.45) is 0 Å². The maximum absolute atomic E-state index is 11.8. The van der Waals surface area contributed by atoms with Crippen molar-refractivity contribution < 1.29 is 49.5 Å². The molecule has 0 aromatic heterocycles. The first-order valence-corrected chi connectivity index (χ1v) is 16.5. The third-order valence-corrected chi connectivity index (χ3v) is 8.61.